The zero-order valence-electron chi connectivity index (χ0n) is 17.6. The number of carbonyl (C=O) groups excluding carboxylic acids is 1. The Labute approximate surface area is 182 Å². The molecule has 2 unspecified atom stereocenters. The van der Waals surface area contributed by atoms with Crippen LogP contribution >= 0.6 is 0 Å². The molecule has 0 radical (unpaired) electrons. The van der Waals surface area contributed by atoms with Crippen LogP contribution in [-0.2, 0) is 6.54 Å². The van der Waals surface area contributed by atoms with E-state index in [0.29, 0.717) is 23.9 Å². The van der Waals surface area contributed by atoms with Crippen LogP contribution in [-0.4, -0.2) is 46.2 Å². The van der Waals surface area contributed by atoms with Crippen LogP contribution in [0.25, 0.3) is 0 Å². The molecule has 3 aliphatic rings. The lowest BCUT2D eigenvalue weighted by atomic mass is 10.0. The third-order valence-corrected chi connectivity index (χ3v) is 6.69. The first-order valence-corrected chi connectivity index (χ1v) is 11.2. The summed E-state index contributed by atoms with van der Waals surface area (Å²) in [5, 5.41) is 4.39. The summed E-state index contributed by atoms with van der Waals surface area (Å²) >= 11 is 0. The van der Waals surface area contributed by atoms with Gasteiger partial charge >= 0.3 is 0 Å². The van der Waals surface area contributed by atoms with Gasteiger partial charge in [-0.15, -0.1) is 0 Å². The van der Waals surface area contributed by atoms with Gasteiger partial charge in [0.25, 0.3) is 0 Å². The monoisotopic (exact) mass is 421 g/mol. The predicted molar refractivity (Wildman–Crippen MR) is 116 cm³/mol. The highest BCUT2D eigenvalue weighted by atomic mass is 19.1. The van der Waals surface area contributed by atoms with Crippen LogP contribution in [0.2, 0.25) is 0 Å². The number of aromatic nitrogens is 2. The topological polar surface area (TPSA) is 47.4 Å². The zero-order chi connectivity index (χ0) is 21.2. The molecule has 2 aliphatic carbocycles. The number of benzene rings is 1. The molecule has 31 heavy (non-hydrogen) atoms. The Morgan fingerprint density at radius 2 is 1.94 bits per heavy atom. The van der Waals surface area contributed by atoms with Crippen molar-refractivity contribution in [1.29, 1.82) is 0 Å². The molecule has 1 aliphatic heterocycles. The standard InChI is InChI=1S/C25H28FN3O2/c26-22-6-8-23(9-7-22)31-24-10-19-14-28(15-20(19)11-24)17-25(30)21-12-27-29(16-21)13-18-4-2-1-3-5-18/h1-2,4,6-9,12,16,19-20,24H,3,5,10-11,13-15,17H2. The Morgan fingerprint density at radius 1 is 1.16 bits per heavy atom. The molecule has 5 rings (SSSR count). The fourth-order valence-corrected chi connectivity index (χ4v) is 5.15. The minimum Gasteiger partial charge on any atom is -0.490 e. The van der Waals surface area contributed by atoms with Crippen molar-refractivity contribution in [3.63, 3.8) is 0 Å². The largest absolute Gasteiger partial charge is 0.490 e. The van der Waals surface area contributed by atoms with E-state index in [1.807, 2.05) is 10.9 Å². The molecule has 2 atom stereocenters. The van der Waals surface area contributed by atoms with Gasteiger partial charge < -0.3 is 4.74 Å². The van der Waals surface area contributed by atoms with Gasteiger partial charge in [-0.2, -0.15) is 5.10 Å². The summed E-state index contributed by atoms with van der Waals surface area (Å²) in [6.45, 7) is 3.08. The maximum absolute atomic E-state index is 13.1. The highest BCUT2D eigenvalue weighted by Gasteiger charge is 2.42. The lowest BCUT2D eigenvalue weighted by molar-refractivity contribution is 0.0936. The fourth-order valence-electron chi connectivity index (χ4n) is 5.15. The van der Waals surface area contributed by atoms with E-state index < -0.39 is 0 Å². The lowest BCUT2D eigenvalue weighted by Gasteiger charge is -2.19. The van der Waals surface area contributed by atoms with E-state index in [4.69, 9.17) is 4.74 Å². The highest BCUT2D eigenvalue weighted by molar-refractivity contribution is 5.97. The average molecular weight is 422 g/mol. The molecular formula is C25H28FN3O2. The zero-order valence-corrected chi connectivity index (χ0v) is 17.6. The number of rotatable bonds is 7. The van der Waals surface area contributed by atoms with Crippen LogP contribution in [0.4, 0.5) is 4.39 Å². The van der Waals surface area contributed by atoms with Gasteiger partial charge in [0.15, 0.2) is 5.78 Å². The van der Waals surface area contributed by atoms with Crippen LogP contribution in [0.3, 0.4) is 0 Å². The van der Waals surface area contributed by atoms with Crippen LogP contribution in [0, 0.1) is 17.7 Å². The van der Waals surface area contributed by atoms with Crippen molar-refractivity contribution in [1.82, 2.24) is 14.7 Å². The Morgan fingerprint density at radius 3 is 2.65 bits per heavy atom. The molecule has 2 aromatic rings. The first kappa shape index (κ1) is 20.2. The molecule has 0 spiro atoms. The number of Topliss-reactive ketones (excluding diaryl/α,β-unsaturated/α-hetero) is 1. The quantitative estimate of drug-likeness (QED) is 0.627. The summed E-state index contributed by atoms with van der Waals surface area (Å²) in [5.41, 5.74) is 2.04. The van der Waals surface area contributed by atoms with Gasteiger partial charge in [-0.25, -0.2) is 4.39 Å². The molecule has 1 saturated carbocycles. The van der Waals surface area contributed by atoms with E-state index in [9.17, 15) is 9.18 Å². The molecule has 162 valence electrons. The molecule has 1 saturated heterocycles. The van der Waals surface area contributed by atoms with Crippen molar-refractivity contribution in [2.45, 2.75) is 38.3 Å². The Balaban J connectivity index is 1.10. The number of halogens is 1. The molecule has 2 heterocycles. The van der Waals surface area contributed by atoms with Crippen molar-refractivity contribution in [3.05, 3.63) is 71.8 Å². The number of likely N-dealkylation sites (tertiary alicyclic amines) is 1. The van der Waals surface area contributed by atoms with E-state index in [-0.39, 0.29) is 17.7 Å². The number of fused-ring (bicyclic) bond motifs is 1. The fraction of sp³-hybridized carbons (Fsp3) is 0.440. The van der Waals surface area contributed by atoms with Crippen molar-refractivity contribution in [3.8, 4) is 5.75 Å². The average Bonchev–Trinajstić information content (AvgIpc) is 3.46. The van der Waals surface area contributed by atoms with Gasteiger partial charge in [0.1, 0.15) is 11.6 Å². The summed E-state index contributed by atoms with van der Waals surface area (Å²) < 4.78 is 21.0. The Hall–Kier alpha value is -2.73. The van der Waals surface area contributed by atoms with E-state index in [2.05, 4.69) is 28.2 Å². The van der Waals surface area contributed by atoms with E-state index >= 15 is 0 Å². The summed E-state index contributed by atoms with van der Waals surface area (Å²) in [4.78, 5) is 15.1. The second-order valence-corrected chi connectivity index (χ2v) is 9.02. The molecule has 0 bridgehead atoms. The van der Waals surface area contributed by atoms with Gasteiger partial charge in [0.2, 0.25) is 0 Å². The minimum absolute atomic E-state index is 0.142. The Kier molecular flexibility index (Phi) is 5.72. The maximum Gasteiger partial charge on any atom is 0.179 e. The van der Waals surface area contributed by atoms with Crippen molar-refractivity contribution >= 4 is 5.78 Å². The molecule has 0 amide bonds. The molecule has 0 N–H and O–H groups in total. The molecule has 5 nitrogen and oxygen atoms in total. The van der Waals surface area contributed by atoms with Crippen LogP contribution in [0.1, 0.15) is 36.0 Å². The van der Waals surface area contributed by atoms with Gasteiger partial charge in [-0.3, -0.25) is 14.4 Å². The van der Waals surface area contributed by atoms with E-state index in [1.165, 1.54) is 17.7 Å². The summed E-state index contributed by atoms with van der Waals surface area (Å²) in [5.74, 6) is 1.75. The summed E-state index contributed by atoms with van der Waals surface area (Å²) in [6, 6.07) is 6.25. The molecule has 6 heteroatoms. The molecular weight excluding hydrogens is 393 g/mol. The number of nitrogens with zero attached hydrogens (tertiary/aromatic N) is 3. The van der Waals surface area contributed by atoms with E-state index in [1.54, 1.807) is 18.3 Å². The normalized spacial score (nSPS) is 25.5. The van der Waals surface area contributed by atoms with Crippen molar-refractivity contribution in [2.24, 2.45) is 11.8 Å². The van der Waals surface area contributed by atoms with Crippen molar-refractivity contribution < 1.29 is 13.9 Å². The van der Waals surface area contributed by atoms with Crippen molar-refractivity contribution in [2.75, 3.05) is 19.6 Å². The van der Waals surface area contributed by atoms with Crippen LogP contribution < -0.4 is 4.74 Å². The number of ketones is 1. The van der Waals surface area contributed by atoms with Gasteiger partial charge in [-0.1, -0.05) is 18.2 Å². The number of hydrogen-bond acceptors (Lipinski definition) is 4. The predicted octanol–water partition coefficient (Wildman–Crippen LogP) is 4.27. The highest BCUT2D eigenvalue weighted by Crippen LogP contribution is 2.39. The van der Waals surface area contributed by atoms with Crippen LogP contribution in [0.15, 0.2) is 60.5 Å². The van der Waals surface area contributed by atoms with E-state index in [0.717, 1.165) is 51.1 Å². The molecule has 2 fully saturated rings. The minimum atomic E-state index is -0.246. The van der Waals surface area contributed by atoms with Gasteiger partial charge in [0.05, 0.1) is 31.0 Å². The molecule has 1 aromatic carbocycles. The second kappa shape index (κ2) is 8.79. The maximum atomic E-state index is 13.1. The first-order chi connectivity index (χ1) is 15.1. The molecule has 1 aromatic heterocycles. The lowest BCUT2D eigenvalue weighted by Crippen LogP contribution is -2.29. The number of hydrogen-bond donors (Lipinski definition) is 0. The van der Waals surface area contributed by atoms with Crippen LogP contribution in [0.5, 0.6) is 5.75 Å². The smallest absolute Gasteiger partial charge is 0.179 e. The number of allylic oxidation sites excluding steroid dienone is 4. The number of ether oxygens (including phenoxy) is 1. The van der Waals surface area contributed by atoms with Gasteiger partial charge in [-0.05, 0) is 67.4 Å². The number of carbonyl (C=O) groups is 1. The first-order valence-electron chi connectivity index (χ1n) is 11.2. The Bertz CT molecular complexity index is 980. The second-order valence-electron chi connectivity index (χ2n) is 9.02. The third-order valence-electron chi connectivity index (χ3n) is 6.69. The summed E-state index contributed by atoms with van der Waals surface area (Å²) in [6.07, 6.45) is 14.3. The third kappa shape index (κ3) is 4.79. The SMILES string of the molecule is O=C(CN1CC2CC(Oc3ccc(F)cc3)CC2C1)c1cnn(CC2=CC=CCC2)c1. The summed E-state index contributed by atoms with van der Waals surface area (Å²) in [7, 11) is 0. The van der Waals surface area contributed by atoms with Gasteiger partial charge in [0, 0.05) is 19.3 Å².